The van der Waals surface area contributed by atoms with Gasteiger partial charge in [-0.3, -0.25) is 0 Å². The minimum Gasteiger partial charge on any atom is -0.396 e. The quantitative estimate of drug-likeness (QED) is 0.737. The third-order valence-corrected chi connectivity index (χ3v) is 2.88. The van der Waals surface area contributed by atoms with Crippen molar-refractivity contribution >= 4 is 0 Å². The summed E-state index contributed by atoms with van der Waals surface area (Å²) < 4.78 is 0. The van der Waals surface area contributed by atoms with E-state index in [1.807, 2.05) is 6.07 Å². The zero-order valence-electron chi connectivity index (χ0n) is 8.32. The van der Waals surface area contributed by atoms with Crippen LogP contribution >= 0.6 is 0 Å². The molecule has 2 nitrogen and oxygen atoms in total. The van der Waals surface area contributed by atoms with Crippen LogP contribution in [0.4, 0.5) is 0 Å². The van der Waals surface area contributed by atoms with Gasteiger partial charge in [-0.25, -0.2) is 0 Å². The normalized spacial score (nSPS) is 24.9. The zero-order chi connectivity index (χ0) is 9.80. The minimum atomic E-state index is 0.359. The van der Waals surface area contributed by atoms with E-state index in [0.717, 1.165) is 13.1 Å². The fourth-order valence-electron chi connectivity index (χ4n) is 1.78. The highest BCUT2D eigenvalue weighted by molar-refractivity contribution is 5.14. The van der Waals surface area contributed by atoms with E-state index in [-0.39, 0.29) is 0 Å². The van der Waals surface area contributed by atoms with Crippen molar-refractivity contribution in [1.82, 2.24) is 5.32 Å². The van der Waals surface area contributed by atoms with Crippen LogP contribution in [0.1, 0.15) is 12.0 Å². The maximum Gasteiger partial charge on any atom is 0.0462 e. The first kappa shape index (κ1) is 9.69. The molecule has 2 rings (SSSR count). The molecule has 1 aliphatic carbocycles. The smallest absolute Gasteiger partial charge is 0.0462 e. The van der Waals surface area contributed by atoms with Crippen molar-refractivity contribution in [3.05, 3.63) is 35.9 Å². The Kier molecular flexibility index (Phi) is 3.17. The van der Waals surface area contributed by atoms with E-state index in [0.29, 0.717) is 18.4 Å². The van der Waals surface area contributed by atoms with Crippen LogP contribution in [0.25, 0.3) is 0 Å². The van der Waals surface area contributed by atoms with Crippen molar-refractivity contribution in [2.24, 2.45) is 11.8 Å². The van der Waals surface area contributed by atoms with Gasteiger partial charge in [0, 0.05) is 13.2 Å². The van der Waals surface area contributed by atoms with Gasteiger partial charge in [0.25, 0.3) is 0 Å². The van der Waals surface area contributed by atoms with Crippen molar-refractivity contribution < 1.29 is 5.11 Å². The summed E-state index contributed by atoms with van der Waals surface area (Å²) in [6.45, 7) is 2.34. The zero-order valence-corrected chi connectivity index (χ0v) is 8.32. The third kappa shape index (κ3) is 2.56. The Morgan fingerprint density at radius 1 is 1.21 bits per heavy atom. The summed E-state index contributed by atoms with van der Waals surface area (Å²) in [4.78, 5) is 0. The summed E-state index contributed by atoms with van der Waals surface area (Å²) in [5, 5.41) is 12.3. The van der Waals surface area contributed by atoms with Gasteiger partial charge in [0.05, 0.1) is 0 Å². The molecule has 1 aromatic rings. The van der Waals surface area contributed by atoms with E-state index in [9.17, 15) is 0 Å². The first-order chi connectivity index (χ1) is 6.90. The molecule has 0 heterocycles. The molecule has 1 aromatic carbocycles. The molecule has 1 saturated carbocycles. The summed E-state index contributed by atoms with van der Waals surface area (Å²) in [5.41, 5.74) is 1.33. The van der Waals surface area contributed by atoms with Gasteiger partial charge in [0.15, 0.2) is 0 Å². The average Bonchev–Trinajstić information content (AvgIpc) is 2.98. The predicted octanol–water partition coefficient (Wildman–Crippen LogP) is 1.40. The van der Waals surface area contributed by atoms with Gasteiger partial charge in [0.2, 0.25) is 0 Å². The van der Waals surface area contributed by atoms with Crippen molar-refractivity contribution in [2.45, 2.75) is 13.0 Å². The molecule has 2 N–H and O–H groups in total. The van der Waals surface area contributed by atoms with E-state index in [2.05, 4.69) is 29.6 Å². The molecular formula is C12H17NO. The van der Waals surface area contributed by atoms with Gasteiger partial charge in [-0.2, -0.15) is 0 Å². The first-order valence-corrected chi connectivity index (χ1v) is 5.25. The topological polar surface area (TPSA) is 32.3 Å². The monoisotopic (exact) mass is 191 g/mol. The van der Waals surface area contributed by atoms with Crippen molar-refractivity contribution in [2.75, 3.05) is 13.2 Å². The molecular weight excluding hydrogens is 174 g/mol. The van der Waals surface area contributed by atoms with Gasteiger partial charge < -0.3 is 10.4 Å². The summed E-state index contributed by atoms with van der Waals surface area (Å²) >= 11 is 0. The van der Waals surface area contributed by atoms with Crippen LogP contribution in [0.15, 0.2) is 30.3 Å². The summed E-state index contributed by atoms with van der Waals surface area (Å²) in [7, 11) is 0. The SMILES string of the molecule is OC[C@@H]1C[C@@H]1CNCc1ccccc1. The second kappa shape index (κ2) is 4.58. The van der Waals surface area contributed by atoms with Crippen LogP contribution in [-0.4, -0.2) is 18.3 Å². The molecule has 0 saturated heterocycles. The lowest BCUT2D eigenvalue weighted by atomic mass is 10.2. The molecule has 76 valence electrons. The molecule has 0 aromatic heterocycles. The van der Waals surface area contributed by atoms with E-state index in [4.69, 9.17) is 5.11 Å². The Morgan fingerprint density at radius 3 is 2.64 bits per heavy atom. The summed E-state index contributed by atoms with van der Waals surface area (Å²) in [5.74, 6) is 1.28. The van der Waals surface area contributed by atoms with Gasteiger partial charge in [-0.15, -0.1) is 0 Å². The Morgan fingerprint density at radius 2 is 2.00 bits per heavy atom. The fraction of sp³-hybridized carbons (Fsp3) is 0.500. The summed E-state index contributed by atoms with van der Waals surface area (Å²) in [6, 6.07) is 10.4. The van der Waals surface area contributed by atoms with Crippen molar-refractivity contribution in [1.29, 1.82) is 0 Å². The lowest BCUT2D eigenvalue weighted by Gasteiger charge is -2.03. The Balaban J connectivity index is 1.64. The van der Waals surface area contributed by atoms with Crippen LogP contribution in [0.3, 0.4) is 0 Å². The van der Waals surface area contributed by atoms with Crippen LogP contribution in [0, 0.1) is 11.8 Å². The van der Waals surface area contributed by atoms with Gasteiger partial charge in [0.1, 0.15) is 0 Å². The minimum absolute atomic E-state index is 0.359. The maximum absolute atomic E-state index is 8.87. The number of rotatable bonds is 5. The molecule has 0 aliphatic heterocycles. The molecule has 0 unspecified atom stereocenters. The lowest BCUT2D eigenvalue weighted by Crippen LogP contribution is -2.17. The Labute approximate surface area is 85.0 Å². The van der Waals surface area contributed by atoms with Crippen molar-refractivity contribution in [3.63, 3.8) is 0 Å². The van der Waals surface area contributed by atoms with E-state index in [1.54, 1.807) is 0 Å². The Bertz CT molecular complexity index is 273. The number of aliphatic hydroxyl groups is 1. The first-order valence-electron chi connectivity index (χ1n) is 5.25. The molecule has 0 amide bonds. The maximum atomic E-state index is 8.87. The lowest BCUT2D eigenvalue weighted by molar-refractivity contribution is 0.268. The third-order valence-electron chi connectivity index (χ3n) is 2.88. The standard InChI is InChI=1S/C12H17NO/c14-9-12-6-11(12)8-13-7-10-4-2-1-3-5-10/h1-5,11-14H,6-9H2/t11-,12+/m1/s1. The van der Waals surface area contributed by atoms with Crippen LogP contribution in [-0.2, 0) is 6.54 Å². The highest BCUT2D eigenvalue weighted by Crippen LogP contribution is 2.36. The number of hydrogen-bond donors (Lipinski definition) is 2. The molecule has 2 atom stereocenters. The van der Waals surface area contributed by atoms with E-state index in [1.165, 1.54) is 12.0 Å². The molecule has 1 fully saturated rings. The second-order valence-corrected chi connectivity index (χ2v) is 4.05. The highest BCUT2D eigenvalue weighted by atomic mass is 16.3. The highest BCUT2D eigenvalue weighted by Gasteiger charge is 2.35. The summed E-state index contributed by atoms with van der Waals surface area (Å²) in [6.07, 6.45) is 1.19. The molecule has 1 aliphatic rings. The average molecular weight is 191 g/mol. The second-order valence-electron chi connectivity index (χ2n) is 4.05. The van der Waals surface area contributed by atoms with Crippen LogP contribution < -0.4 is 5.32 Å². The van der Waals surface area contributed by atoms with Crippen LogP contribution in [0.2, 0.25) is 0 Å². The predicted molar refractivity (Wildman–Crippen MR) is 56.8 cm³/mol. The van der Waals surface area contributed by atoms with Gasteiger partial charge in [-0.05, 0) is 30.4 Å². The van der Waals surface area contributed by atoms with Crippen LogP contribution in [0.5, 0.6) is 0 Å². The van der Waals surface area contributed by atoms with E-state index >= 15 is 0 Å². The number of nitrogens with one attached hydrogen (secondary N) is 1. The molecule has 0 radical (unpaired) electrons. The molecule has 14 heavy (non-hydrogen) atoms. The molecule has 2 heteroatoms. The van der Waals surface area contributed by atoms with E-state index < -0.39 is 0 Å². The number of hydrogen-bond acceptors (Lipinski definition) is 2. The Hall–Kier alpha value is -0.860. The number of aliphatic hydroxyl groups excluding tert-OH is 1. The number of benzene rings is 1. The largest absolute Gasteiger partial charge is 0.396 e. The molecule has 0 spiro atoms. The van der Waals surface area contributed by atoms with Crippen molar-refractivity contribution in [3.8, 4) is 0 Å². The molecule has 0 bridgehead atoms. The fourth-order valence-corrected chi connectivity index (χ4v) is 1.78. The van der Waals surface area contributed by atoms with Gasteiger partial charge >= 0.3 is 0 Å². The van der Waals surface area contributed by atoms with Gasteiger partial charge in [-0.1, -0.05) is 30.3 Å².